The number of amides is 1. The van der Waals surface area contributed by atoms with E-state index < -0.39 is 10.0 Å². The number of nitrogens with one attached hydrogen (secondary N) is 1. The standard InChI is InChI=1S/C15H20N2O3S2/c1-22(19,20)16-13-7-11-8-14(13)17(9-11)15(18)10-21-12-5-3-2-4-6-12/h2-6,11,13-14,16H,7-10H2,1H3. The van der Waals surface area contributed by atoms with Crippen LogP contribution in [0.4, 0.5) is 0 Å². The van der Waals surface area contributed by atoms with Crippen LogP contribution in [0.15, 0.2) is 35.2 Å². The van der Waals surface area contributed by atoms with Crippen LogP contribution in [0.3, 0.4) is 0 Å². The van der Waals surface area contributed by atoms with Crippen molar-refractivity contribution < 1.29 is 13.2 Å². The smallest absolute Gasteiger partial charge is 0.233 e. The van der Waals surface area contributed by atoms with Crippen LogP contribution in [0.5, 0.6) is 0 Å². The van der Waals surface area contributed by atoms with Gasteiger partial charge in [-0.1, -0.05) is 18.2 Å². The molecule has 1 aromatic carbocycles. The van der Waals surface area contributed by atoms with Crippen LogP contribution < -0.4 is 4.72 Å². The molecule has 3 atom stereocenters. The number of sulfonamides is 1. The lowest BCUT2D eigenvalue weighted by atomic mass is 10.1. The number of thioether (sulfide) groups is 1. The predicted octanol–water partition coefficient (Wildman–Crippen LogP) is 1.32. The Morgan fingerprint density at radius 2 is 2.05 bits per heavy atom. The molecule has 3 unspecified atom stereocenters. The first-order valence-corrected chi connectivity index (χ1v) is 10.2. The summed E-state index contributed by atoms with van der Waals surface area (Å²) in [4.78, 5) is 15.4. The van der Waals surface area contributed by atoms with Crippen molar-refractivity contribution in [1.29, 1.82) is 0 Å². The molecule has 1 N–H and O–H groups in total. The molecule has 7 heteroatoms. The van der Waals surface area contributed by atoms with Gasteiger partial charge in [-0.2, -0.15) is 0 Å². The third-order valence-corrected chi connectivity index (χ3v) is 6.00. The second-order valence-corrected chi connectivity index (χ2v) is 8.88. The Balaban J connectivity index is 1.59. The number of benzene rings is 1. The summed E-state index contributed by atoms with van der Waals surface area (Å²) in [7, 11) is -3.23. The quantitative estimate of drug-likeness (QED) is 0.821. The third-order valence-electron chi connectivity index (χ3n) is 4.27. The van der Waals surface area contributed by atoms with E-state index in [1.807, 2.05) is 35.2 Å². The molecule has 1 aromatic rings. The van der Waals surface area contributed by atoms with E-state index in [2.05, 4.69) is 4.72 Å². The van der Waals surface area contributed by atoms with Crippen LogP contribution in [0.25, 0.3) is 0 Å². The molecule has 1 amide bonds. The molecule has 5 nitrogen and oxygen atoms in total. The molecular formula is C15H20N2O3S2. The summed E-state index contributed by atoms with van der Waals surface area (Å²) in [6.45, 7) is 0.765. The van der Waals surface area contributed by atoms with Gasteiger partial charge in [-0.25, -0.2) is 13.1 Å². The number of carbonyl (C=O) groups excluding carboxylic acids is 1. The minimum Gasteiger partial charge on any atom is -0.337 e. The van der Waals surface area contributed by atoms with E-state index in [9.17, 15) is 13.2 Å². The molecule has 1 saturated carbocycles. The minimum atomic E-state index is -3.23. The molecule has 0 spiro atoms. The molecule has 120 valence electrons. The number of rotatable bonds is 5. The Labute approximate surface area is 135 Å². The molecule has 3 rings (SSSR count). The Hall–Kier alpha value is -1.05. The topological polar surface area (TPSA) is 66.5 Å². The molecule has 0 aromatic heterocycles. The van der Waals surface area contributed by atoms with Crippen molar-refractivity contribution in [2.75, 3.05) is 18.6 Å². The Bertz CT molecular complexity index is 648. The molecule has 22 heavy (non-hydrogen) atoms. The molecule has 1 saturated heterocycles. The van der Waals surface area contributed by atoms with Gasteiger partial charge in [0.05, 0.1) is 12.0 Å². The maximum absolute atomic E-state index is 12.4. The van der Waals surface area contributed by atoms with Gasteiger partial charge in [0.15, 0.2) is 0 Å². The number of likely N-dealkylation sites (tertiary alicyclic amines) is 1. The van der Waals surface area contributed by atoms with Crippen molar-refractivity contribution in [1.82, 2.24) is 9.62 Å². The Morgan fingerprint density at radius 1 is 1.32 bits per heavy atom. The van der Waals surface area contributed by atoms with Gasteiger partial charge in [-0.15, -0.1) is 11.8 Å². The van der Waals surface area contributed by atoms with E-state index in [1.54, 1.807) is 0 Å². The number of fused-ring (bicyclic) bond motifs is 2. The fraction of sp³-hybridized carbons (Fsp3) is 0.533. The van der Waals surface area contributed by atoms with Crippen LogP contribution in [0.2, 0.25) is 0 Å². The summed E-state index contributed by atoms with van der Waals surface area (Å²) in [6.07, 6.45) is 2.93. The molecule has 1 heterocycles. The van der Waals surface area contributed by atoms with Crippen molar-refractivity contribution in [3.05, 3.63) is 30.3 Å². The fourth-order valence-electron chi connectivity index (χ4n) is 3.46. The third kappa shape index (κ3) is 3.64. The maximum atomic E-state index is 12.4. The van der Waals surface area contributed by atoms with E-state index in [4.69, 9.17) is 0 Å². The average Bonchev–Trinajstić information content (AvgIpc) is 3.04. The summed E-state index contributed by atoms with van der Waals surface area (Å²) in [5.41, 5.74) is 0. The summed E-state index contributed by atoms with van der Waals surface area (Å²) in [6, 6.07) is 9.73. The van der Waals surface area contributed by atoms with Crippen molar-refractivity contribution in [3.63, 3.8) is 0 Å². The SMILES string of the molecule is CS(=O)(=O)NC1CC2CC1N(C(=O)CSc1ccccc1)C2. The molecular weight excluding hydrogens is 320 g/mol. The lowest BCUT2D eigenvalue weighted by molar-refractivity contribution is -0.130. The lowest BCUT2D eigenvalue weighted by Gasteiger charge is -2.33. The normalized spacial score (nSPS) is 27.3. The first kappa shape index (κ1) is 15.8. The van der Waals surface area contributed by atoms with Gasteiger partial charge in [0.2, 0.25) is 15.9 Å². The molecule has 2 aliphatic rings. The van der Waals surface area contributed by atoms with Gasteiger partial charge in [-0.05, 0) is 30.9 Å². The number of nitrogens with zero attached hydrogens (tertiary/aromatic N) is 1. The maximum Gasteiger partial charge on any atom is 0.233 e. The van der Waals surface area contributed by atoms with Crippen LogP contribution in [0.1, 0.15) is 12.8 Å². The molecule has 1 aliphatic carbocycles. The highest BCUT2D eigenvalue weighted by molar-refractivity contribution is 8.00. The zero-order valence-corrected chi connectivity index (χ0v) is 14.1. The van der Waals surface area contributed by atoms with Crippen molar-refractivity contribution >= 4 is 27.7 Å². The van der Waals surface area contributed by atoms with E-state index in [0.717, 1.165) is 24.3 Å². The fourth-order valence-corrected chi connectivity index (χ4v) is 5.07. The summed E-state index contributed by atoms with van der Waals surface area (Å²) in [5, 5.41) is 0. The van der Waals surface area contributed by atoms with E-state index in [0.29, 0.717) is 11.7 Å². The molecule has 0 radical (unpaired) electrons. The number of hydrogen-bond acceptors (Lipinski definition) is 4. The van der Waals surface area contributed by atoms with Gasteiger partial charge < -0.3 is 4.90 Å². The average molecular weight is 340 g/mol. The highest BCUT2D eigenvalue weighted by atomic mass is 32.2. The van der Waals surface area contributed by atoms with Crippen molar-refractivity contribution in [2.45, 2.75) is 29.8 Å². The second-order valence-electron chi connectivity index (χ2n) is 6.05. The van der Waals surface area contributed by atoms with E-state index in [-0.39, 0.29) is 18.0 Å². The van der Waals surface area contributed by atoms with Gasteiger partial charge in [-0.3, -0.25) is 4.79 Å². The van der Waals surface area contributed by atoms with E-state index >= 15 is 0 Å². The monoisotopic (exact) mass is 340 g/mol. The van der Waals surface area contributed by atoms with Crippen molar-refractivity contribution in [2.24, 2.45) is 5.92 Å². The lowest BCUT2D eigenvalue weighted by Crippen LogP contribution is -2.52. The summed E-state index contributed by atoms with van der Waals surface area (Å²) in [5.74, 6) is 0.926. The van der Waals surface area contributed by atoms with Crippen LogP contribution in [0, 0.1) is 5.92 Å². The number of carbonyl (C=O) groups is 1. The van der Waals surface area contributed by atoms with Crippen LogP contribution in [-0.4, -0.2) is 49.9 Å². The van der Waals surface area contributed by atoms with Gasteiger partial charge in [0.25, 0.3) is 0 Å². The van der Waals surface area contributed by atoms with E-state index in [1.165, 1.54) is 18.0 Å². The molecule has 2 bridgehead atoms. The first-order chi connectivity index (χ1) is 10.4. The largest absolute Gasteiger partial charge is 0.337 e. The van der Waals surface area contributed by atoms with Crippen molar-refractivity contribution in [3.8, 4) is 0 Å². The summed E-state index contributed by atoms with van der Waals surface area (Å²) >= 11 is 1.53. The molecule has 1 aliphatic heterocycles. The number of hydrogen-bond donors (Lipinski definition) is 1. The first-order valence-electron chi connectivity index (χ1n) is 7.37. The second kappa shape index (κ2) is 6.22. The predicted molar refractivity (Wildman–Crippen MR) is 87.2 cm³/mol. The zero-order chi connectivity index (χ0) is 15.7. The van der Waals surface area contributed by atoms with Gasteiger partial charge in [0.1, 0.15) is 0 Å². The highest BCUT2D eigenvalue weighted by Crippen LogP contribution is 2.38. The summed E-state index contributed by atoms with van der Waals surface area (Å²) < 4.78 is 25.5. The van der Waals surface area contributed by atoms with Crippen LogP contribution >= 0.6 is 11.8 Å². The van der Waals surface area contributed by atoms with Gasteiger partial charge in [0, 0.05) is 23.5 Å². The minimum absolute atomic E-state index is 0.0172. The Kier molecular flexibility index (Phi) is 4.47. The Morgan fingerprint density at radius 3 is 2.68 bits per heavy atom. The zero-order valence-electron chi connectivity index (χ0n) is 12.4. The highest BCUT2D eigenvalue weighted by Gasteiger charge is 2.47. The number of piperidine rings is 1. The molecule has 2 fully saturated rings. The van der Waals surface area contributed by atoms with Crippen LogP contribution in [-0.2, 0) is 14.8 Å². The van der Waals surface area contributed by atoms with Gasteiger partial charge >= 0.3 is 0 Å².